The topological polar surface area (TPSA) is 83.5 Å². The molecule has 0 bridgehead atoms. The van der Waals surface area contributed by atoms with Crippen molar-refractivity contribution in [3.63, 3.8) is 0 Å². The van der Waals surface area contributed by atoms with E-state index in [9.17, 15) is 19.8 Å². The first-order valence-corrected chi connectivity index (χ1v) is 10.2. The molecule has 0 spiro atoms. The van der Waals surface area contributed by atoms with Gasteiger partial charge in [0.15, 0.2) is 0 Å². The summed E-state index contributed by atoms with van der Waals surface area (Å²) in [5.41, 5.74) is 0. The third-order valence-corrected chi connectivity index (χ3v) is 4.53. The summed E-state index contributed by atoms with van der Waals surface area (Å²) in [5.74, 6) is -2.49. The molecular formula is C20H37K2NO4. The number of hydrogen-bond donors (Lipinski definition) is 0. The minimum absolute atomic E-state index is 0. The normalized spacial score (nSPS) is 10.3. The first kappa shape index (κ1) is 33.8. The summed E-state index contributed by atoms with van der Waals surface area (Å²) in [4.78, 5) is 22.5. The molecule has 0 aromatic heterocycles. The van der Waals surface area contributed by atoms with Gasteiger partial charge in [0.25, 0.3) is 0 Å². The number of carboxylic acid groups (broad SMARTS) is 2. The van der Waals surface area contributed by atoms with Crippen LogP contribution in [0.2, 0.25) is 0 Å². The molecule has 0 aromatic carbocycles. The molecule has 0 heterocycles. The minimum atomic E-state index is -1.24. The second kappa shape index (κ2) is 26.2. The Kier molecular flexibility index (Phi) is 32.8. The van der Waals surface area contributed by atoms with Crippen molar-refractivity contribution in [2.24, 2.45) is 0 Å². The van der Waals surface area contributed by atoms with Gasteiger partial charge in [-0.1, -0.05) is 90.4 Å². The Balaban J connectivity index is -0.00000288. The molecule has 0 aromatic rings. The summed E-state index contributed by atoms with van der Waals surface area (Å²) in [7, 11) is 0. The molecule has 0 aliphatic rings. The van der Waals surface area contributed by atoms with Crippen LogP contribution in [0.4, 0.5) is 0 Å². The third kappa shape index (κ3) is 28.2. The van der Waals surface area contributed by atoms with Crippen LogP contribution >= 0.6 is 0 Å². The van der Waals surface area contributed by atoms with Gasteiger partial charge in [-0.3, -0.25) is 4.90 Å². The first-order valence-electron chi connectivity index (χ1n) is 10.2. The molecule has 5 nitrogen and oxygen atoms in total. The molecule has 0 atom stereocenters. The van der Waals surface area contributed by atoms with Gasteiger partial charge in [-0.05, 0) is 13.0 Å². The predicted molar refractivity (Wildman–Crippen MR) is 96.8 cm³/mol. The molecule has 0 aliphatic carbocycles. The van der Waals surface area contributed by atoms with Crippen molar-refractivity contribution in [3.8, 4) is 0 Å². The third-order valence-electron chi connectivity index (χ3n) is 4.53. The van der Waals surface area contributed by atoms with Crippen LogP contribution in [0.25, 0.3) is 0 Å². The molecule has 0 saturated carbocycles. The van der Waals surface area contributed by atoms with E-state index in [4.69, 9.17) is 0 Å². The number of aliphatic carboxylic acids is 2. The van der Waals surface area contributed by atoms with Gasteiger partial charge in [0, 0.05) is 13.1 Å². The van der Waals surface area contributed by atoms with E-state index in [1.54, 1.807) is 0 Å². The van der Waals surface area contributed by atoms with Crippen molar-refractivity contribution in [1.82, 2.24) is 4.90 Å². The van der Waals surface area contributed by atoms with Gasteiger partial charge in [-0.15, -0.1) is 0 Å². The zero-order valence-electron chi connectivity index (χ0n) is 18.1. The molecule has 7 heteroatoms. The summed E-state index contributed by atoms with van der Waals surface area (Å²) in [5, 5.41) is 21.1. The van der Waals surface area contributed by atoms with Gasteiger partial charge in [-0.2, -0.15) is 0 Å². The van der Waals surface area contributed by atoms with Crippen LogP contribution in [0.15, 0.2) is 0 Å². The average Bonchev–Trinajstić information content (AvgIpc) is 2.54. The Morgan fingerprint density at radius 3 is 1.19 bits per heavy atom. The fourth-order valence-corrected chi connectivity index (χ4v) is 3.11. The zero-order chi connectivity index (χ0) is 18.8. The van der Waals surface area contributed by atoms with E-state index in [0.717, 1.165) is 19.3 Å². The largest absolute Gasteiger partial charge is 1.00 e. The molecule has 27 heavy (non-hydrogen) atoms. The maximum absolute atomic E-state index is 10.6. The van der Waals surface area contributed by atoms with E-state index in [1.165, 1.54) is 75.5 Å². The van der Waals surface area contributed by atoms with Crippen molar-refractivity contribution in [3.05, 3.63) is 0 Å². The zero-order valence-corrected chi connectivity index (χ0v) is 24.3. The number of hydrogen-bond acceptors (Lipinski definition) is 5. The van der Waals surface area contributed by atoms with Crippen LogP contribution in [-0.4, -0.2) is 36.5 Å². The molecule has 0 aliphatic heterocycles. The minimum Gasteiger partial charge on any atom is -0.549 e. The van der Waals surface area contributed by atoms with Crippen LogP contribution in [0.5, 0.6) is 0 Å². The van der Waals surface area contributed by atoms with Crippen molar-refractivity contribution < 1.29 is 123 Å². The second-order valence-corrected chi connectivity index (χ2v) is 7.05. The van der Waals surface area contributed by atoms with Crippen molar-refractivity contribution >= 4 is 11.9 Å². The van der Waals surface area contributed by atoms with E-state index in [-0.39, 0.29) is 116 Å². The fraction of sp³-hybridized carbons (Fsp3) is 0.900. The summed E-state index contributed by atoms with van der Waals surface area (Å²) in [6.45, 7) is 2.04. The molecule has 0 fully saturated rings. The average molecular weight is 434 g/mol. The summed E-state index contributed by atoms with van der Waals surface area (Å²) in [6.07, 6.45) is 17.6. The molecular weight excluding hydrogens is 396 g/mol. The van der Waals surface area contributed by atoms with E-state index in [0.29, 0.717) is 6.54 Å². The summed E-state index contributed by atoms with van der Waals surface area (Å²) >= 11 is 0. The standard InChI is InChI=1S/C20H39NO4.2K/c1-2-3-4-5-6-7-8-9-10-11-12-13-14-15-16-21(17-19(22)23)18-20(24)25;;/h2-18H2,1H3,(H,22,23)(H,24,25);;/q;2*+1/p-2. The Morgan fingerprint density at radius 2 is 0.889 bits per heavy atom. The van der Waals surface area contributed by atoms with Gasteiger partial charge in [0.2, 0.25) is 0 Å². The molecule has 0 saturated heterocycles. The first-order chi connectivity index (χ1) is 12.1. The van der Waals surface area contributed by atoms with Crippen LogP contribution < -0.4 is 113 Å². The fourth-order valence-electron chi connectivity index (χ4n) is 3.11. The van der Waals surface area contributed by atoms with Crippen molar-refractivity contribution in [2.75, 3.05) is 19.6 Å². The quantitative estimate of drug-likeness (QED) is 0.155. The Morgan fingerprint density at radius 1 is 0.593 bits per heavy atom. The second-order valence-electron chi connectivity index (χ2n) is 7.05. The van der Waals surface area contributed by atoms with E-state index < -0.39 is 11.9 Å². The smallest absolute Gasteiger partial charge is 0.549 e. The molecule has 0 rings (SSSR count). The van der Waals surface area contributed by atoms with Crippen LogP contribution in [0.1, 0.15) is 96.8 Å². The predicted octanol–water partition coefficient (Wildman–Crippen LogP) is -3.72. The number of carbonyl (C=O) groups excluding carboxylic acids is 2. The molecule has 0 radical (unpaired) electrons. The Labute approximate surface area is 251 Å². The van der Waals surface area contributed by atoms with Crippen LogP contribution in [-0.2, 0) is 9.59 Å². The van der Waals surface area contributed by atoms with E-state index in [2.05, 4.69) is 6.92 Å². The summed E-state index contributed by atoms with van der Waals surface area (Å²) in [6, 6.07) is 0. The Bertz CT molecular complexity index is 328. The summed E-state index contributed by atoms with van der Waals surface area (Å²) < 4.78 is 0. The van der Waals surface area contributed by atoms with Gasteiger partial charge >= 0.3 is 103 Å². The molecule has 0 N–H and O–H groups in total. The number of nitrogens with zero attached hydrogens (tertiary/aromatic N) is 1. The van der Waals surface area contributed by atoms with Gasteiger partial charge in [-0.25, -0.2) is 0 Å². The monoisotopic (exact) mass is 433 g/mol. The van der Waals surface area contributed by atoms with E-state index >= 15 is 0 Å². The number of carboxylic acids is 2. The molecule has 148 valence electrons. The Hall–Kier alpha value is 2.17. The van der Waals surface area contributed by atoms with Crippen LogP contribution in [0, 0.1) is 0 Å². The number of rotatable bonds is 19. The molecule has 0 amide bonds. The van der Waals surface area contributed by atoms with Gasteiger partial charge < -0.3 is 19.8 Å². The number of carbonyl (C=O) groups is 2. The maximum atomic E-state index is 10.6. The SMILES string of the molecule is CCCCCCCCCCCCCCCCN(CC(=O)[O-])CC(=O)[O-].[K+].[K+]. The number of unbranched alkanes of at least 4 members (excludes halogenated alkanes) is 13. The van der Waals surface area contributed by atoms with E-state index in [1.807, 2.05) is 0 Å². The van der Waals surface area contributed by atoms with Gasteiger partial charge in [0.1, 0.15) is 0 Å². The van der Waals surface area contributed by atoms with Gasteiger partial charge in [0.05, 0.1) is 11.9 Å². The molecule has 0 unspecified atom stereocenters. The van der Waals surface area contributed by atoms with Crippen molar-refractivity contribution in [2.45, 2.75) is 96.8 Å². The maximum Gasteiger partial charge on any atom is 1.00 e. The van der Waals surface area contributed by atoms with Crippen LogP contribution in [0.3, 0.4) is 0 Å². The van der Waals surface area contributed by atoms with Crippen molar-refractivity contribution in [1.29, 1.82) is 0 Å².